The van der Waals surface area contributed by atoms with Gasteiger partial charge in [0.05, 0.1) is 16.9 Å². The van der Waals surface area contributed by atoms with Crippen LogP contribution in [-0.2, 0) is 10.8 Å². The molecule has 2 unspecified atom stereocenters. The summed E-state index contributed by atoms with van der Waals surface area (Å²) in [5, 5.41) is 79.5. The molecule has 2 spiro atoms. The van der Waals surface area contributed by atoms with E-state index in [4.69, 9.17) is 0 Å². The van der Waals surface area contributed by atoms with Crippen molar-refractivity contribution in [1.29, 1.82) is 0 Å². The van der Waals surface area contributed by atoms with Gasteiger partial charge in [0.2, 0.25) is 5.82 Å². The minimum atomic E-state index is -2.10. The highest BCUT2D eigenvalue weighted by Gasteiger charge is 2.78. The van der Waals surface area contributed by atoms with Crippen molar-refractivity contribution in [2.75, 3.05) is 0 Å². The molecule has 0 radical (unpaired) electrons. The zero-order valence-electron chi connectivity index (χ0n) is 39.1. The van der Waals surface area contributed by atoms with Gasteiger partial charge in [0.1, 0.15) is 0 Å². The van der Waals surface area contributed by atoms with Crippen molar-refractivity contribution in [3.63, 3.8) is 0 Å². The van der Waals surface area contributed by atoms with Crippen LogP contribution in [0.3, 0.4) is 0 Å². The molecule has 29 aromatic carbocycles. The van der Waals surface area contributed by atoms with Crippen molar-refractivity contribution >= 4 is 291 Å². The van der Waals surface area contributed by atoms with E-state index in [0.29, 0.717) is 0 Å². The van der Waals surface area contributed by atoms with Gasteiger partial charge >= 0.3 is 0 Å². The number of hydrogen-bond donors (Lipinski definition) is 1. The predicted octanol–water partition coefficient (Wildman–Crippen LogP) is 19.4. The van der Waals surface area contributed by atoms with E-state index in [1.165, 1.54) is 302 Å². The molecule has 1 saturated heterocycles. The molecule has 6 heteroatoms. The summed E-state index contributed by atoms with van der Waals surface area (Å²) in [5.41, 5.74) is 1.76. The summed E-state index contributed by atoms with van der Waals surface area (Å²) in [5.74, 6) is -9.39. The molecule has 0 aromatic heterocycles. The molecule has 29 aromatic rings. The van der Waals surface area contributed by atoms with Crippen molar-refractivity contribution in [3.8, 4) is 0 Å². The summed E-state index contributed by atoms with van der Waals surface area (Å²) in [4.78, 5) is 0. The number of nitrogens with one attached hydrogen (secondary N) is 1. The largest absolute Gasteiger partial charge is 0.304 e. The third kappa shape index (κ3) is 1.69. The molecular weight excluding hydrogens is 962 g/mol. The maximum absolute atomic E-state index is 18.0. The molecule has 1 heterocycles. The summed E-state index contributed by atoms with van der Waals surface area (Å²) in [7, 11) is 0. The van der Waals surface area contributed by atoms with E-state index in [2.05, 4.69) is 19.2 Å². The normalized spacial score (nSPS) is 23.7. The minimum Gasteiger partial charge on any atom is -0.304 e. The van der Waals surface area contributed by atoms with Crippen LogP contribution in [0.1, 0.15) is 47.7 Å². The van der Waals surface area contributed by atoms with Crippen molar-refractivity contribution in [1.82, 2.24) is 5.32 Å². The van der Waals surface area contributed by atoms with E-state index in [1.54, 1.807) is 0 Å². The number of hydrogen-bond acceptors (Lipinski definition) is 1. The van der Waals surface area contributed by atoms with E-state index in [1.807, 2.05) is 0 Å². The van der Waals surface area contributed by atoms with Crippen molar-refractivity contribution < 1.29 is 22.0 Å². The van der Waals surface area contributed by atoms with Crippen molar-refractivity contribution in [3.05, 3.63) is 56.9 Å². The maximum atomic E-state index is 18.0. The van der Waals surface area contributed by atoms with Gasteiger partial charge in [-0.1, -0.05) is 13.8 Å². The molecule has 1 N–H and O–H groups in total. The van der Waals surface area contributed by atoms with Gasteiger partial charge in [-0.2, -0.15) is 0 Å². The van der Waals surface area contributed by atoms with Gasteiger partial charge in [-0.05, 0) is 319 Å². The second-order valence-corrected chi connectivity index (χ2v) is 27.7. The summed E-state index contributed by atoms with van der Waals surface area (Å²) in [6, 6.07) is -1.77. The third-order valence-corrected chi connectivity index (χ3v) is 26.9. The van der Waals surface area contributed by atoms with E-state index in [-0.39, 0.29) is 5.92 Å². The van der Waals surface area contributed by atoms with Gasteiger partial charge in [-0.15, -0.1) is 0 Å². The van der Waals surface area contributed by atoms with Crippen molar-refractivity contribution in [2.45, 2.75) is 36.8 Å². The highest BCUT2D eigenvalue weighted by Crippen LogP contribution is 2.87. The molecule has 0 saturated carbocycles. The first-order chi connectivity index (χ1) is 37.8. The Kier molecular flexibility index (Phi) is 2.80. The number of halogens is 5. The summed E-state index contributed by atoms with van der Waals surface area (Å²) in [6.07, 6.45) is 0. The lowest BCUT2D eigenvalue weighted by Crippen LogP contribution is -2.55. The molecule has 1 nitrogen and oxygen atoms in total. The quantitative estimate of drug-likeness (QED) is 0.0788. The Labute approximate surface area is 415 Å². The van der Waals surface area contributed by atoms with Gasteiger partial charge in [0.15, 0.2) is 23.3 Å². The standard InChI is InChI=1S/C71H10F5N/c1-3(2)68-70-59-51-44-32-24-15-6-4-5-7-10(6)19-26(24)34-35-27(19)25-16(7)18-14-9(5)12-11-8(4)13-17(15)30(32)38-36-22(13)20(11)28-29-21(12)23(14)37-39-31(18)33(25)45-47(35)56(55(59)46(34)44)60-52(45)50(39)54-43(37)41(29)48-40(28)42(36)53(49(38)51)61(70)57(48)62(54)71(60,70)69(77-68)58-63(72)65(74)67(76)66(75)64(58)73/h3,68-69,77H,1-2H3/t68-,69-,70?,71?/m0/s1. The second-order valence-electron chi connectivity index (χ2n) is 27.7. The third-order valence-electron chi connectivity index (χ3n) is 26.9. The van der Waals surface area contributed by atoms with E-state index < -0.39 is 57.6 Å². The van der Waals surface area contributed by atoms with E-state index >= 15 is 22.0 Å². The highest BCUT2D eigenvalue weighted by atomic mass is 19.2. The van der Waals surface area contributed by atoms with Gasteiger partial charge in [-0.25, -0.2) is 22.0 Å². The Morgan fingerprint density at radius 2 is 0.403 bits per heavy atom. The van der Waals surface area contributed by atoms with Crippen LogP contribution in [-0.4, -0.2) is 6.04 Å². The van der Waals surface area contributed by atoms with Crippen LogP contribution in [0.15, 0.2) is 0 Å². The van der Waals surface area contributed by atoms with Gasteiger partial charge < -0.3 is 5.32 Å². The SMILES string of the molecule is CC(C)[C@@H]1N[C@@H](c2c(F)c(F)c(F)c(F)c2F)C23c4c5c6c7c8c9c(c%10c%11c2c2c%12c4c4c%13c5c5c7c7c8c8c%14c9c%10c9c%10c%11c2c2c%11c%12c4c4c%12c%13c5c5c7c7c8c8c%14c9c9c%10c2c2c%11c4c4c%12c5c7c5c8c9c2c45)C613. The lowest BCUT2D eigenvalue weighted by molar-refractivity contribution is 0.295. The first-order valence-electron chi connectivity index (χ1n) is 27.9. The average Bonchev–Trinajstić information content (AvgIpc) is 1.68. The molecule has 334 valence electrons. The molecule has 5 aliphatic rings. The fourth-order valence-corrected chi connectivity index (χ4v) is 26.7. The first-order valence-corrected chi connectivity index (χ1v) is 27.9. The Morgan fingerprint density at radius 1 is 0.234 bits per heavy atom. The van der Waals surface area contributed by atoms with E-state index in [9.17, 15) is 0 Å². The van der Waals surface area contributed by atoms with Crippen LogP contribution in [0.4, 0.5) is 22.0 Å². The fourth-order valence-electron chi connectivity index (χ4n) is 26.7. The first kappa shape index (κ1) is 30.7. The summed E-state index contributed by atoms with van der Waals surface area (Å²) in [6.45, 7) is 4.50. The molecule has 0 bridgehead atoms. The minimum absolute atomic E-state index is 0.123. The monoisotopic (exact) mass is 971 g/mol. The Morgan fingerprint density at radius 3 is 0.662 bits per heavy atom. The fraction of sp³-hybridized carbons (Fsp3) is 0.0986. The molecular formula is C71H10F5N. The lowest BCUT2D eigenvalue weighted by Gasteiger charge is -2.52. The van der Waals surface area contributed by atoms with Crippen molar-refractivity contribution in [2.24, 2.45) is 5.92 Å². The second kappa shape index (κ2) is 7.02. The highest BCUT2D eigenvalue weighted by molar-refractivity contribution is 6.82. The molecule has 34 rings (SSSR count). The van der Waals surface area contributed by atoms with Crippen LogP contribution >= 0.6 is 0 Å². The zero-order valence-corrected chi connectivity index (χ0v) is 39.1. The van der Waals surface area contributed by atoms with Gasteiger partial charge in [0, 0.05) is 11.6 Å². The van der Waals surface area contributed by atoms with E-state index in [0.717, 1.165) is 11.1 Å². The molecule has 4 atom stereocenters. The molecule has 0 amide bonds. The average molecular weight is 972 g/mol. The zero-order chi connectivity index (χ0) is 47.4. The van der Waals surface area contributed by atoms with Crippen LogP contribution in [0, 0.1) is 35.0 Å². The number of benzene rings is 18. The Bertz CT molecular complexity index is 7860. The van der Waals surface area contributed by atoms with Crippen LogP contribution in [0.2, 0.25) is 0 Å². The molecule has 4 aliphatic carbocycles. The lowest BCUT2D eigenvalue weighted by atomic mass is 9.46. The molecule has 1 aliphatic heterocycles. The van der Waals surface area contributed by atoms with Crippen LogP contribution in [0.5, 0.6) is 0 Å². The van der Waals surface area contributed by atoms with Crippen LogP contribution in [0.25, 0.3) is 291 Å². The Balaban J connectivity index is 1.12. The Hall–Kier alpha value is -8.71. The molecule has 1 fully saturated rings. The van der Waals surface area contributed by atoms with Gasteiger partial charge in [-0.3, -0.25) is 0 Å². The summed E-state index contributed by atoms with van der Waals surface area (Å²) >= 11 is 0. The summed E-state index contributed by atoms with van der Waals surface area (Å²) < 4.78 is 85.1. The van der Waals surface area contributed by atoms with Crippen LogP contribution < -0.4 is 5.32 Å². The smallest absolute Gasteiger partial charge is 0.200 e. The molecule has 77 heavy (non-hydrogen) atoms. The topological polar surface area (TPSA) is 12.0 Å². The maximum Gasteiger partial charge on any atom is 0.200 e. The van der Waals surface area contributed by atoms with Gasteiger partial charge in [0.25, 0.3) is 0 Å². The predicted molar refractivity (Wildman–Crippen MR) is 305 cm³/mol. The number of rotatable bonds is 2.